The number of fused-ring (bicyclic) bond motifs is 1. The first kappa shape index (κ1) is 16.7. The Labute approximate surface area is 142 Å². The standard InChI is InChI=1S/C16H19N5O4/c1-10-5-6-11(25-10)7-18(2)12(22)8-21-15(23)13-14(17-9-19(13)3)20(4)16(21)24/h5-6,9H,7-8H2,1-4H3. The molecule has 1 amide bonds. The Morgan fingerprint density at radius 1 is 1.28 bits per heavy atom. The summed E-state index contributed by atoms with van der Waals surface area (Å²) in [5, 5.41) is 0. The molecule has 0 radical (unpaired) electrons. The SMILES string of the molecule is Cc1ccc(CN(C)C(=O)Cn2c(=O)c3c(ncn3C)n(C)c2=O)o1. The second kappa shape index (κ2) is 6.08. The summed E-state index contributed by atoms with van der Waals surface area (Å²) in [6.45, 7) is 1.73. The minimum Gasteiger partial charge on any atom is -0.464 e. The lowest BCUT2D eigenvalue weighted by Gasteiger charge is -2.16. The number of carbonyl (C=O) groups excluding carboxylic acids is 1. The van der Waals surface area contributed by atoms with Gasteiger partial charge < -0.3 is 13.9 Å². The summed E-state index contributed by atoms with van der Waals surface area (Å²) < 4.78 is 9.17. The maximum atomic E-state index is 12.6. The number of furan rings is 1. The molecule has 3 aromatic heterocycles. The van der Waals surface area contributed by atoms with E-state index in [0.717, 1.165) is 10.3 Å². The van der Waals surface area contributed by atoms with Crippen molar-refractivity contribution in [1.29, 1.82) is 0 Å². The van der Waals surface area contributed by atoms with Gasteiger partial charge in [-0.2, -0.15) is 0 Å². The number of hydrogen-bond acceptors (Lipinski definition) is 5. The molecule has 3 aromatic rings. The predicted octanol–water partition coefficient (Wildman–Crippen LogP) is -0.00628. The molecule has 9 heteroatoms. The zero-order valence-electron chi connectivity index (χ0n) is 14.5. The number of imidazole rings is 1. The van der Waals surface area contributed by atoms with E-state index in [0.29, 0.717) is 11.4 Å². The lowest BCUT2D eigenvalue weighted by atomic mass is 10.4. The van der Waals surface area contributed by atoms with Gasteiger partial charge in [0.05, 0.1) is 12.9 Å². The first-order chi connectivity index (χ1) is 11.8. The number of hydrogen-bond donors (Lipinski definition) is 0. The minimum atomic E-state index is -0.577. The van der Waals surface area contributed by atoms with E-state index in [9.17, 15) is 14.4 Å². The van der Waals surface area contributed by atoms with Crippen molar-refractivity contribution in [2.24, 2.45) is 14.1 Å². The third-order valence-electron chi connectivity index (χ3n) is 4.11. The van der Waals surface area contributed by atoms with E-state index < -0.39 is 11.2 Å². The van der Waals surface area contributed by atoms with Crippen LogP contribution >= 0.6 is 0 Å². The van der Waals surface area contributed by atoms with E-state index in [1.807, 2.05) is 13.0 Å². The summed E-state index contributed by atoms with van der Waals surface area (Å²) in [6.07, 6.45) is 1.46. The van der Waals surface area contributed by atoms with Crippen LogP contribution in [-0.2, 0) is 32.0 Å². The second-order valence-corrected chi connectivity index (χ2v) is 6.02. The molecule has 0 saturated carbocycles. The predicted molar refractivity (Wildman–Crippen MR) is 90.1 cm³/mol. The third kappa shape index (κ3) is 2.88. The molecule has 0 aliphatic heterocycles. The highest BCUT2D eigenvalue weighted by atomic mass is 16.3. The second-order valence-electron chi connectivity index (χ2n) is 6.02. The highest BCUT2D eigenvalue weighted by Crippen LogP contribution is 2.09. The van der Waals surface area contributed by atoms with Crippen LogP contribution in [0.25, 0.3) is 11.2 Å². The average molecular weight is 345 g/mol. The van der Waals surface area contributed by atoms with Crippen molar-refractivity contribution in [2.45, 2.75) is 20.0 Å². The fraction of sp³-hybridized carbons (Fsp3) is 0.375. The van der Waals surface area contributed by atoms with Gasteiger partial charge in [-0.05, 0) is 19.1 Å². The number of aromatic nitrogens is 4. The van der Waals surface area contributed by atoms with Gasteiger partial charge in [0.2, 0.25) is 5.91 Å². The molecule has 0 aliphatic rings. The number of aryl methyl sites for hydroxylation is 3. The van der Waals surface area contributed by atoms with Gasteiger partial charge in [-0.3, -0.25) is 14.2 Å². The highest BCUT2D eigenvalue weighted by Gasteiger charge is 2.19. The Balaban J connectivity index is 1.92. The quantitative estimate of drug-likeness (QED) is 0.663. The van der Waals surface area contributed by atoms with Gasteiger partial charge in [-0.1, -0.05) is 0 Å². The summed E-state index contributed by atoms with van der Waals surface area (Å²) in [7, 11) is 4.78. The molecule has 0 N–H and O–H groups in total. The van der Waals surface area contributed by atoms with Gasteiger partial charge in [0, 0.05) is 21.1 Å². The summed E-state index contributed by atoms with van der Waals surface area (Å²) in [6, 6.07) is 3.59. The molecule has 0 atom stereocenters. The molecule has 0 bridgehead atoms. The van der Waals surface area contributed by atoms with Crippen molar-refractivity contribution < 1.29 is 9.21 Å². The van der Waals surface area contributed by atoms with Crippen molar-refractivity contribution in [3.63, 3.8) is 0 Å². The van der Waals surface area contributed by atoms with Crippen LogP contribution in [0.1, 0.15) is 11.5 Å². The molecule has 0 fully saturated rings. The average Bonchev–Trinajstić information content (AvgIpc) is 3.15. The van der Waals surface area contributed by atoms with E-state index in [1.165, 1.54) is 27.4 Å². The lowest BCUT2D eigenvalue weighted by molar-refractivity contribution is -0.131. The lowest BCUT2D eigenvalue weighted by Crippen LogP contribution is -2.43. The first-order valence-electron chi connectivity index (χ1n) is 7.69. The fourth-order valence-corrected chi connectivity index (χ4v) is 2.68. The van der Waals surface area contributed by atoms with E-state index in [-0.39, 0.29) is 24.5 Å². The maximum Gasteiger partial charge on any atom is 0.332 e. The van der Waals surface area contributed by atoms with Gasteiger partial charge >= 0.3 is 5.69 Å². The number of rotatable bonds is 4. The van der Waals surface area contributed by atoms with Crippen molar-refractivity contribution in [1.82, 2.24) is 23.6 Å². The van der Waals surface area contributed by atoms with Gasteiger partial charge in [0.15, 0.2) is 11.2 Å². The van der Waals surface area contributed by atoms with Crippen LogP contribution in [0.5, 0.6) is 0 Å². The molecule has 9 nitrogen and oxygen atoms in total. The van der Waals surface area contributed by atoms with Crippen molar-refractivity contribution in [2.75, 3.05) is 7.05 Å². The van der Waals surface area contributed by atoms with Crippen LogP contribution in [0.4, 0.5) is 0 Å². The molecule has 132 valence electrons. The molecule has 0 aromatic carbocycles. The van der Waals surface area contributed by atoms with Gasteiger partial charge in [-0.25, -0.2) is 14.3 Å². The van der Waals surface area contributed by atoms with E-state index in [1.54, 1.807) is 20.2 Å². The zero-order chi connectivity index (χ0) is 18.3. The van der Waals surface area contributed by atoms with Crippen molar-refractivity contribution >= 4 is 17.1 Å². The number of amides is 1. The monoisotopic (exact) mass is 345 g/mol. The largest absolute Gasteiger partial charge is 0.464 e. The van der Waals surface area contributed by atoms with E-state index in [2.05, 4.69) is 4.98 Å². The summed E-state index contributed by atoms with van der Waals surface area (Å²) in [5.74, 6) is 1.02. The van der Waals surface area contributed by atoms with Crippen LogP contribution in [0.2, 0.25) is 0 Å². The Morgan fingerprint density at radius 2 is 2.00 bits per heavy atom. The van der Waals surface area contributed by atoms with Gasteiger partial charge in [-0.15, -0.1) is 0 Å². The fourth-order valence-electron chi connectivity index (χ4n) is 2.68. The van der Waals surface area contributed by atoms with E-state index >= 15 is 0 Å². The topological polar surface area (TPSA) is 95.3 Å². The molecule has 0 unspecified atom stereocenters. The van der Waals surface area contributed by atoms with Crippen LogP contribution in [0.15, 0.2) is 32.5 Å². The van der Waals surface area contributed by atoms with Gasteiger partial charge in [0.1, 0.15) is 18.1 Å². The smallest absolute Gasteiger partial charge is 0.332 e. The molecular weight excluding hydrogens is 326 g/mol. The summed E-state index contributed by atoms with van der Waals surface area (Å²) >= 11 is 0. The molecule has 3 heterocycles. The zero-order valence-corrected chi connectivity index (χ0v) is 14.5. The Morgan fingerprint density at radius 3 is 2.64 bits per heavy atom. The molecular formula is C16H19N5O4. The van der Waals surface area contributed by atoms with Crippen molar-refractivity contribution in [3.05, 3.63) is 50.8 Å². The molecule has 0 saturated heterocycles. The van der Waals surface area contributed by atoms with Crippen molar-refractivity contribution in [3.8, 4) is 0 Å². The number of likely N-dealkylation sites (N-methyl/N-ethyl adjacent to an activating group) is 1. The van der Waals surface area contributed by atoms with Crippen LogP contribution < -0.4 is 11.2 Å². The molecule has 0 spiro atoms. The molecule has 25 heavy (non-hydrogen) atoms. The summed E-state index contributed by atoms with van der Waals surface area (Å²) in [5.41, 5.74) is -0.541. The number of carbonyl (C=O) groups is 1. The van der Waals surface area contributed by atoms with Crippen LogP contribution in [0.3, 0.4) is 0 Å². The summed E-state index contributed by atoms with van der Waals surface area (Å²) in [4.78, 5) is 42.9. The number of nitrogens with zero attached hydrogens (tertiary/aromatic N) is 5. The molecule has 3 rings (SSSR count). The Kier molecular flexibility index (Phi) is 4.07. The molecule has 0 aliphatic carbocycles. The van der Waals surface area contributed by atoms with Crippen LogP contribution in [-0.4, -0.2) is 36.5 Å². The maximum absolute atomic E-state index is 12.6. The normalized spacial score (nSPS) is 11.2. The third-order valence-corrected chi connectivity index (χ3v) is 4.11. The minimum absolute atomic E-state index is 0.260. The Hall–Kier alpha value is -3.10. The Bertz CT molecular complexity index is 1070. The van der Waals surface area contributed by atoms with Gasteiger partial charge in [0.25, 0.3) is 5.56 Å². The highest BCUT2D eigenvalue weighted by molar-refractivity contribution is 5.76. The van der Waals surface area contributed by atoms with E-state index in [4.69, 9.17) is 4.42 Å². The van der Waals surface area contributed by atoms with Crippen LogP contribution in [0, 0.1) is 6.92 Å². The first-order valence-corrected chi connectivity index (χ1v) is 7.69.